The van der Waals surface area contributed by atoms with E-state index in [9.17, 15) is 20.6 Å². The van der Waals surface area contributed by atoms with Crippen LogP contribution in [0.4, 0.5) is 0 Å². The molecule has 3 aromatic rings. The molecule has 0 bridgehead atoms. The zero-order chi connectivity index (χ0) is 22.7. The van der Waals surface area contributed by atoms with E-state index in [1.807, 2.05) is 31.2 Å². The molecule has 6 nitrogen and oxygen atoms in total. The maximum Gasteiger partial charge on any atom is 0.181 e. The predicted octanol–water partition coefficient (Wildman–Crippen LogP) is 3.16. The third kappa shape index (κ3) is 2.60. The number of ether oxygens (including phenoxy) is 1. The first-order chi connectivity index (χ1) is 15.4. The molecule has 0 radical (unpaired) electrons. The second-order valence-corrected chi connectivity index (χ2v) is 8.91. The number of nitrogens with zero attached hydrogens (tertiary/aromatic N) is 2. The van der Waals surface area contributed by atoms with Crippen molar-refractivity contribution in [1.29, 1.82) is 5.26 Å². The summed E-state index contributed by atoms with van der Waals surface area (Å²) in [5.41, 5.74) is -0.459. The monoisotopic (exact) mass is 448 g/mol. The SMILES string of the molecule is Cc1cccc([C@@H]2[C@@H](CO)[C@@H](O)[C@@]3(O)c4ncc(Cl)cc4O[C@@]23c2ccc(C#N)cc2)c1. The molecule has 3 N–H and O–H groups in total. The molecule has 2 heterocycles. The molecule has 5 rings (SSSR count). The highest BCUT2D eigenvalue weighted by Crippen LogP contribution is 2.67. The summed E-state index contributed by atoms with van der Waals surface area (Å²) in [6.07, 6.45) is 0.0284. The highest BCUT2D eigenvalue weighted by molar-refractivity contribution is 6.30. The Hall–Kier alpha value is -2.95. The minimum absolute atomic E-state index is 0.173. The number of fused-ring (bicyclic) bond motifs is 3. The van der Waals surface area contributed by atoms with Crippen LogP contribution < -0.4 is 4.74 Å². The number of aromatic nitrogens is 1. The fraction of sp³-hybridized carbons (Fsp3) is 0.280. The molecule has 1 aromatic heterocycles. The second kappa shape index (κ2) is 7.29. The number of aryl methyl sites for hydroxylation is 1. The lowest BCUT2D eigenvalue weighted by atomic mass is 9.71. The second-order valence-electron chi connectivity index (χ2n) is 8.48. The van der Waals surface area contributed by atoms with Gasteiger partial charge in [-0.15, -0.1) is 0 Å². The third-order valence-electron chi connectivity index (χ3n) is 6.77. The normalized spacial score (nSPS) is 30.3. The highest BCUT2D eigenvalue weighted by Gasteiger charge is 2.76. The molecule has 2 aliphatic rings. The third-order valence-corrected chi connectivity index (χ3v) is 6.98. The van der Waals surface area contributed by atoms with Crippen LogP contribution in [0.3, 0.4) is 0 Å². The topological polar surface area (TPSA) is 107 Å². The zero-order valence-electron chi connectivity index (χ0n) is 17.2. The number of aliphatic hydroxyl groups excluding tert-OH is 2. The summed E-state index contributed by atoms with van der Waals surface area (Å²) >= 11 is 6.16. The van der Waals surface area contributed by atoms with Crippen molar-refractivity contribution in [1.82, 2.24) is 4.98 Å². The van der Waals surface area contributed by atoms with Crippen LogP contribution in [0.5, 0.6) is 5.75 Å². The average molecular weight is 449 g/mol. The van der Waals surface area contributed by atoms with Crippen LogP contribution >= 0.6 is 11.6 Å². The first-order valence-electron chi connectivity index (χ1n) is 10.3. The van der Waals surface area contributed by atoms with Crippen LogP contribution in [0.15, 0.2) is 60.8 Å². The molecule has 1 fully saturated rings. The Kier molecular flexibility index (Phi) is 4.77. The summed E-state index contributed by atoms with van der Waals surface area (Å²) in [7, 11) is 0. The van der Waals surface area contributed by atoms with Crippen molar-refractivity contribution in [3.05, 3.63) is 93.8 Å². The van der Waals surface area contributed by atoms with Crippen LogP contribution in [0.2, 0.25) is 5.02 Å². The molecule has 1 aliphatic heterocycles. The van der Waals surface area contributed by atoms with E-state index >= 15 is 0 Å². The quantitative estimate of drug-likeness (QED) is 0.568. The van der Waals surface area contributed by atoms with Crippen molar-refractivity contribution < 1.29 is 20.1 Å². The first kappa shape index (κ1) is 20.9. The fourth-order valence-electron chi connectivity index (χ4n) is 5.47. The number of hydrogen-bond donors (Lipinski definition) is 3. The van der Waals surface area contributed by atoms with E-state index in [0.29, 0.717) is 16.1 Å². The molecule has 0 unspecified atom stereocenters. The van der Waals surface area contributed by atoms with Gasteiger partial charge in [0, 0.05) is 30.7 Å². The summed E-state index contributed by atoms with van der Waals surface area (Å²) in [5, 5.41) is 43.6. The summed E-state index contributed by atoms with van der Waals surface area (Å²) in [5.74, 6) is -1.08. The van der Waals surface area contributed by atoms with E-state index in [2.05, 4.69) is 11.1 Å². The number of hydrogen-bond acceptors (Lipinski definition) is 6. The lowest BCUT2D eigenvalue weighted by Crippen LogP contribution is -2.52. The lowest BCUT2D eigenvalue weighted by molar-refractivity contribution is -0.154. The van der Waals surface area contributed by atoms with Crippen molar-refractivity contribution >= 4 is 11.6 Å². The molecule has 2 aromatic carbocycles. The largest absolute Gasteiger partial charge is 0.476 e. The fourth-order valence-corrected chi connectivity index (χ4v) is 5.62. The van der Waals surface area contributed by atoms with Crippen LogP contribution in [-0.4, -0.2) is 33.0 Å². The van der Waals surface area contributed by atoms with Gasteiger partial charge < -0.3 is 20.1 Å². The minimum atomic E-state index is -1.96. The molecule has 32 heavy (non-hydrogen) atoms. The number of aliphatic hydroxyl groups is 3. The Bertz CT molecular complexity index is 1240. The van der Waals surface area contributed by atoms with E-state index in [1.54, 1.807) is 30.3 Å². The van der Waals surface area contributed by atoms with Gasteiger partial charge >= 0.3 is 0 Å². The van der Waals surface area contributed by atoms with Gasteiger partial charge in [-0.1, -0.05) is 53.6 Å². The van der Waals surface area contributed by atoms with Gasteiger partial charge in [-0.25, -0.2) is 0 Å². The van der Waals surface area contributed by atoms with Crippen molar-refractivity contribution in [3.63, 3.8) is 0 Å². The Morgan fingerprint density at radius 1 is 1.19 bits per heavy atom. The van der Waals surface area contributed by atoms with Crippen LogP contribution in [-0.2, 0) is 11.2 Å². The first-order valence-corrected chi connectivity index (χ1v) is 10.7. The molecule has 5 atom stereocenters. The van der Waals surface area contributed by atoms with Gasteiger partial charge in [-0.3, -0.25) is 4.98 Å². The van der Waals surface area contributed by atoms with Crippen LogP contribution in [0.25, 0.3) is 0 Å². The van der Waals surface area contributed by atoms with Gasteiger partial charge in [-0.05, 0) is 30.2 Å². The van der Waals surface area contributed by atoms with Gasteiger partial charge in [0.25, 0.3) is 0 Å². The van der Waals surface area contributed by atoms with E-state index < -0.39 is 29.1 Å². The number of pyridine rings is 1. The number of rotatable bonds is 3. The van der Waals surface area contributed by atoms with E-state index in [1.165, 1.54) is 6.20 Å². The van der Waals surface area contributed by atoms with Gasteiger partial charge in [0.15, 0.2) is 11.2 Å². The van der Waals surface area contributed by atoms with Gasteiger partial charge in [0.1, 0.15) is 11.4 Å². The molecular weight excluding hydrogens is 428 g/mol. The van der Waals surface area contributed by atoms with E-state index in [-0.39, 0.29) is 18.1 Å². The van der Waals surface area contributed by atoms with Crippen molar-refractivity contribution in [2.24, 2.45) is 5.92 Å². The molecule has 1 saturated carbocycles. The Morgan fingerprint density at radius 3 is 2.59 bits per heavy atom. The molecular formula is C25H21ClN2O4. The molecule has 0 amide bonds. The molecule has 0 spiro atoms. The maximum atomic E-state index is 12.2. The zero-order valence-corrected chi connectivity index (χ0v) is 18.0. The van der Waals surface area contributed by atoms with E-state index in [0.717, 1.165) is 11.1 Å². The van der Waals surface area contributed by atoms with Gasteiger partial charge in [0.2, 0.25) is 0 Å². The standard InChI is InChI=1S/C25H21ClN2O4/c1-14-3-2-4-16(9-14)21-19(13-29)23(30)24(31)22-20(10-18(26)12-28-22)32-25(21,24)17-7-5-15(11-27)6-8-17/h2-10,12,19,21,23,29-31H,13H2,1H3/t19-,21-,23-,24+,25+/m1/s1. The summed E-state index contributed by atoms with van der Waals surface area (Å²) < 4.78 is 6.52. The predicted molar refractivity (Wildman–Crippen MR) is 117 cm³/mol. The van der Waals surface area contributed by atoms with Gasteiger partial charge in [0.05, 0.1) is 22.8 Å². The van der Waals surface area contributed by atoms with Crippen molar-refractivity contribution in [2.75, 3.05) is 6.61 Å². The summed E-state index contributed by atoms with van der Waals surface area (Å²) in [4.78, 5) is 4.34. The van der Waals surface area contributed by atoms with Crippen LogP contribution in [0.1, 0.15) is 33.9 Å². The van der Waals surface area contributed by atoms with Gasteiger partial charge in [-0.2, -0.15) is 5.26 Å². The molecule has 162 valence electrons. The van der Waals surface area contributed by atoms with Crippen molar-refractivity contribution in [2.45, 2.75) is 30.1 Å². The minimum Gasteiger partial charge on any atom is -0.476 e. The van der Waals surface area contributed by atoms with E-state index in [4.69, 9.17) is 16.3 Å². The molecule has 1 aliphatic carbocycles. The Morgan fingerprint density at radius 2 is 1.94 bits per heavy atom. The van der Waals surface area contributed by atoms with Crippen LogP contribution in [0, 0.1) is 24.2 Å². The molecule has 0 saturated heterocycles. The summed E-state index contributed by atoms with van der Waals surface area (Å²) in [6.45, 7) is 1.58. The number of nitriles is 1. The number of benzene rings is 2. The smallest absolute Gasteiger partial charge is 0.181 e. The lowest BCUT2D eigenvalue weighted by Gasteiger charge is -2.40. The highest BCUT2D eigenvalue weighted by atomic mass is 35.5. The Labute approximate surface area is 190 Å². The maximum absolute atomic E-state index is 12.2. The average Bonchev–Trinajstić information content (AvgIpc) is 3.16. The molecule has 7 heteroatoms. The Balaban J connectivity index is 1.84. The number of halogens is 1. The van der Waals surface area contributed by atoms with Crippen molar-refractivity contribution in [3.8, 4) is 11.8 Å². The summed E-state index contributed by atoms with van der Waals surface area (Å²) in [6, 6.07) is 18.1.